The number of sulfonamides is 1. The molecule has 0 spiro atoms. The van der Waals surface area contributed by atoms with Gasteiger partial charge in [0.1, 0.15) is 4.90 Å². The maximum absolute atomic E-state index is 12.2. The summed E-state index contributed by atoms with van der Waals surface area (Å²) < 4.78 is 25.5. The molecule has 1 unspecified atom stereocenters. The predicted molar refractivity (Wildman–Crippen MR) is 74.5 cm³/mol. The Morgan fingerprint density at radius 1 is 1.37 bits per heavy atom. The van der Waals surface area contributed by atoms with Crippen LogP contribution in [0.15, 0.2) is 29.2 Å². The lowest BCUT2D eigenvalue weighted by molar-refractivity contribution is 0.164. The van der Waals surface area contributed by atoms with E-state index in [0.29, 0.717) is 18.2 Å². The van der Waals surface area contributed by atoms with Gasteiger partial charge in [0.05, 0.1) is 11.8 Å². The number of aliphatic hydroxyl groups is 1. The van der Waals surface area contributed by atoms with Crippen molar-refractivity contribution in [2.24, 2.45) is 5.92 Å². The van der Waals surface area contributed by atoms with Gasteiger partial charge in [0, 0.05) is 20.6 Å². The maximum atomic E-state index is 12.2. The van der Waals surface area contributed by atoms with Crippen molar-refractivity contribution in [2.75, 3.05) is 26.0 Å². The zero-order valence-corrected chi connectivity index (χ0v) is 12.0. The van der Waals surface area contributed by atoms with Crippen LogP contribution in [0.1, 0.15) is 12.8 Å². The van der Waals surface area contributed by atoms with Crippen molar-refractivity contribution >= 4 is 15.7 Å². The third-order valence-corrected chi connectivity index (χ3v) is 5.19. The first-order valence-electron chi connectivity index (χ1n) is 6.36. The fourth-order valence-electron chi connectivity index (χ4n) is 1.90. The molecule has 1 saturated carbocycles. The molecule has 6 heteroatoms. The molecule has 0 amide bonds. The number of aliphatic hydroxyl groups excluding tert-OH is 1. The number of hydrogen-bond acceptors (Lipinski definition) is 4. The van der Waals surface area contributed by atoms with Crippen LogP contribution in [0.3, 0.4) is 0 Å². The predicted octanol–water partition coefficient (Wildman–Crippen LogP) is 1.12. The highest BCUT2D eigenvalue weighted by atomic mass is 32.2. The van der Waals surface area contributed by atoms with Crippen LogP contribution in [0.5, 0.6) is 0 Å². The van der Waals surface area contributed by atoms with E-state index in [-0.39, 0.29) is 4.90 Å². The van der Waals surface area contributed by atoms with Gasteiger partial charge in [-0.15, -0.1) is 0 Å². The Morgan fingerprint density at radius 3 is 2.58 bits per heavy atom. The van der Waals surface area contributed by atoms with Gasteiger partial charge in [0.15, 0.2) is 0 Å². The average molecular weight is 284 g/mol. The summed E-state index contributed by atoms with van der Waals surface area (Å²) in [4.78, 5) is 0.239. The Labute approximate surface area is 114 Å². The molecular weight excluding hydrogens is 264 g/mol. The van der Waals surface area contributed by atoms with Gasteiger partial charge in [-0.1, -0.05) is 12.1 Å². The quantitative estimate of drug-likeness (QED) is 0.821. The lowest BCUT2D eigenvalue weighted by Gasteiger charge is -2.17. The van der Waals surface area contributed by atoms with E-state index in [2.05, 4.69) is 5.32 Å². The van der Waals surface area contributed by atoms with Gasteiger partial charge in [0.25, 0.3) is 0 Å². The van der Waals surface area contributed by atoms with Gasteiger partial charge in [-0.05, 0) is 30.9 Å². The minimum Gasteiger partial charge on any atom is -0.391 e. The van der Waals surface area contributed by atoms with Crippen LogP contribution in [-0.2, 0) is 10.0 Å². The zero-order valence-electron chi connectivity index (χ0n) is 11.2. The molecule has 0 radical (unpaired) electrons. The van der Waals surface area contributed by atoms with Gasteiger partial charge in [-0.2, -0.15) is 0 Å². The summed E-state index contributed by atoms with van der Waals surface area (Å²) >= 11 is 0. The highest BCUT2D eigenvalue weighted by molar-refractivity contribution is 7.89. The molecule has 1 aliphatic rings. The van der Waals surface area contributed by atoms with Crippen LogP contribution in [0.2, 0.25) is 0 Å². The number of nitrogens with zero attached hydrogens (tertiary/aromatic N) is 1. The van der Waals surface area contributed by atoms with Gasteiger partial charge < -0.3 is 10.4 Å². The average Bonchev–Trinajstić information content (AvgIpc) is 3.20. The molecule has 0 bridgehead atoms. The smallest absolute Gasteiger partial charge is 0.244 e. The molecule has 0 heterocycles. The van der Waals surface area contributed by atoms with E-state index in [9.17, 15) is 13.5 Å². The van der Waals surface area contributed by atoms with Crippen LogP contribution < -0.4 is 5.32 Å². The molecule has 1 aromatic carbocycles. The lowest BCUT2D eigenvalue weighted by atomic mass is 10.2. The maximum Gasteiger partial charge on any atom is 0.244 e. The second kappa shape index (κ2) is 5.48. The molecule has 19 heavy (non-hydrogen) atoms. The number of nitrogens with one attached hydrogen (secondary N) is 1. The monoisotopic (exact) mass is 284 g/mol. The van der Waals surface area contributed by atoms with Crippen LogP contribution in [0.25, 0.3) is 0 Å². The Kier molecular flexibility index (Phi) is 4.13. The number of rotatable bonds is 6. The Morgan fingerprint density at radius 2 is 2.00 bits per heavy atom. The molecule has 2 rings (SSSR count). The molecular formula is C13H20N2O3S. The molecule has 2 N–H and O–H groups in total. The minimum atomic E-state index is -3.47. The van der Waals surface area contributed by atoms with Crippen molar-refractivity contribution in [2.45, 2.75) is 23.8 Å². The number of para-hydroxylation sites is 1. The Hall–Kier alpha value is -1.11. The van der Waals surface area contributed by atoms with E-state index in [4.69, 9.17) is 0 Å². The number of anilines is 1. The summed E-state index contributed by atoms with van der Waals surface area (Å²) in [6.45, 7) is 0.380. The number of hydrogen-bond donors (Lipinski definition) is 2. The molecule has 1 aliphatic carbocycles. The van der Waals surface area contributed by atoms with Gasteiger partial charge in [0.2, 0.25) is 10.0 Å². The van der Waals surface area contributed by atoms with Crippen LogP contribution in [0, 0.1) is 5.92 Å². The van der Waals surface area contributed by atoms with E-state index < -0.39 is 16.1 Å². The fourth-order valence-corrected chi connectivity index (χ4v) is 2.96. The Balaban J connectivity index is 2.16. The normalized spacial score (nSPS) is 17.5. The van der Waals surface area contributed by atoms with Crippen molar-refractivity contribution in [3.63, 3.8) is 0 Å². The molecule has 1 aromatic rings. The van der Waals surface area contributed by atoms with E-state index >= 15 is 0 Å². The molecule has 1 atom stereocenters. The second-order valence-corrected chi connectivity index (χ2v) is 7.19. The molecule has 0 saturated heterocycles. The third-order valence-electron chi connectivity index (χ3n) is 3.31. The lowest BCUT2D eigenvalue weighted by Crippen LogP contribution is -2.25. The summed E-state index contributed by atoms with van der Waals surface area (Å²) in [5.41, 5.74) is 0.538. The van der Waals surface area contributed by atoms with E-state index in [1.807, 2.05) is 0 Å². The van der Waals surface area contributed by atoms with E-state index in [1.165, 1.54) is 18.4 Å². The van der Waals surface area contributed by atoms with Crippen molar-refractivity contribution < 1.29 is 13.5 Å². The van der Waals surface area contributed by atoms with Crippen molar-refractivity contribution in [1.29, 1.82) is 0 Å². The highest BCUT2D eigenvalue weighted by Gasteiger charge is 2.29. The standard InChI is InChI=1S/C13H20N2O3S/c1-15(2)19(17,18)13-6-4-3-5-11(13)14-9-12(16)10-7-8-10/h3-6,10,12,14,16H,7-9H2,1-2H3. The molecule has 1 fully saturated rings. The fraction of sp³-hybridized carbons (Fsp3) is 0.538. The van der Waals surface area contributed by atoms with Gasteiger partial charge in [-0.3, -0.25) is 0 Å². The van der Waals surface area contributed by atoms with Crippen molar-refractivity contribution in [1.82, 2.24) is 4.31 Å². The number of benzene rings is 1. The molecule has 0 aliphatic heterocycles. The topological polar surface area (TPSA) is 69.6 Å². The highest BCUT2D eigenvalue weighted by Crippen LogP contribution is 2.33. The first kappa shape index (κ1) is 14.3. The first-order chi connectivity index (χ1) is 8.93. The third kappa shape index (κ3) is 3.26. The van der Waals surface area contributed by atoms with Crippen LogP contribution >= 0.6 is 0 Å². The van der Waals surface area contributed by atoms with Crippen LogP contribution in [0.4, 0.5) is 5.69 Å². The Bertz CT molecular complexity index is 539. The molecule has 106 valence electrons. The molecule has 5 nitrogen and oxygen atoms in total. The van der Waals surface area contributed by atoms with Gasteiger partial charge in [-0.25, -0.2) is 12.7 Å². The second-order valence-electron chi connectivity index (χ2n) is 5.07. The van der Waals surface area contributed by atoms with E-state index in [0.717, 1.165) is 12.8 Å². The summed E-state index contributed by atoms with van der Waals surface area (Å²) in [5.74, 6) is 0.366. The van der Waals surface area contributed by atoms with Gasteiger partial charge >= 0.3 is 0 Å². The van der Waals surface area contributed by atoms with Crippen molar-refractivity contribution in [3.05, 3.63) is 24.3 Å². The minimum absolute atomic E-state index is 0.239. The summed E-state index contributed by atoms with van der Waals surface area (Å²) in [6.07, 6.45) is 1.70. The van der Waals surface area contributed by atoms with Crippen molar-refractivity contribution in [3.8, 4) is 0 Å². The first-order valence-corrected chi connectivity index (χ1v) is 7.80. The summed E-state index contributed by atoms with van der Waals surface area (Å²) in [5, 5.41) is 12.9. The molecule has 0 aromatic heterocycles. The SMILES string of the molecule is CN(C)S(=O)(=O)c1ccccc1NCC(O)C1CC1. The van der Waals surface area contributed by atoms with Crippen LogP contribution in [-0.4, -0.2) is 44.6 Å². The van der Waals surface area contributed by atoms with E-state index in [1.54, 1.807) is 24.3 Å². The largest absolute Gasteiger partial charge is 0.391 e. The summed E-state index contributed by atoms with van der Waals surface area (Å²) in [6, 6.07) is 6.76. The zero-order chi connectivity index (χ0) is 14.0. The summed E-state index contributed by atoms with van der Waals surface area (Å²) in [7, 11) is -0.461.